The van der Waals surface area contributed by atoms with Crippen molar-refractivity contribution in [3.63, 3.8) is 0 Å². The smallest absolute Gasteiger partial charge is 0.225 e. The van der Waals surface area contributed by atoms with E-state index in [0.717, 1.165) is 52.2 Å². The van der Waals surface area contributed by atoms with Gasteiger partial charge in [-0.2, -0.15) is 0 Å². The molecule has 3 saturated heterocycles. The molecule has 3 fully saturated rings. The van der Waals surface area contributed by atoms with E-state index in [1.807, 2.05) is 4.90 Å². The molecule has 3 aliphatic rings. The summed E-state index contributed by atoms with van der Waals surface area (Å²) in [7, 11) is 0. The second kappa shape index (κ2) is 11.3. The number of hydrogen-bond donors (Lipinski definition) is 2. The molecule has 3 atom stereocenters. The van der Waals surface area contributed by atoms with E-state index in [-0.39, 0.29) is 48.6 Å². The summed E-state index contributed by atoms with van der Waals surface area (Å²) in [6, 6.07) is 0.686. The number of carbonyl (C=O) groups excluding carboxylic acids is 2. The maximum atomic E-state index is 12.5. The van der Waals surface area contributed by atoms with Crippen molar-refractivity contribution >= 4 is 36.6 Å². The third-order valence-electron chi connectivity index (χ3n) is 5.35. The molecule has 3 heterocycles. The standard InChI is InChI=1S/C17H30N4O3.2ClH/c1-13-10-15(2-3-18-13)19-17(23)14-11-16(22)21(12-14)5-4-20-6-8-24-9-7-20;;/h13-15,18H,2-12H2,1H3,(H,19,23);2*1H. The minimum absolute atomic E-state index is 0. The zero-order chi connectivity index (χ0) is 16.9. The fraction of sp³-hybridized carbons (Fsp3) is 0.882. The molecular formula is C17H32Cl2N4O3. The van der Waals surface area contributed by atoms with Crippen LogP contribution in [0, 0.1) is 5.92 Å². The van der Waals surface area contributed by atoms with Crippen molar-refractivity contribution in [2.75, 3.05) is 52.5 Å². The number of halogens is 2. The van der Waals surface area contributed by atoms with Crippen molar-refractivity contribution in [3.05, 3.63) is 0 Å². The molecule has 3 aliphatic heterocycles. The lowest BCUT2D eigenvalue weighted by atomic mass is 9.99. The van der Waals surface area contributed by atoms with Gasteiger partial charge in [-0.1, -0.05) is 0 Å². The van der Waals surface area contributed by atoms with Crippen LogP contribution in [0.25, 0.3) is 0 Å². The molecule has 2 N–H and O–H groups in total. The van der Waals surface area contributed by atoms with E-state index in [4.69, 9.17) is 4.74 Å². The van der Waals surface area contributed by atoms with Gasteiger partial charge in [0, 0.05) is 51.2 Å². The van der Waals surface area contributed by atoms with Gasteiger partial charge in [0.2, 0.25) is 11.8 Å². The SMILES string of the molecule is CC1CC(NC(=O)C2CC(=O)N(CCN3CCOCC3)C2)CCN1.Cl.Cl. The van der Waals surface area contributed by atoms with Gasteiger partial charge in [-0.25, -0.2) is 0 Å². The van der Waals surface area contributed by atoms with Gasteiger partial charge in [-0.05, 0) is 26.3 Å². The zero-order valence-electron chi connectivity index (χ0n) is 15.4. The highest BCUT2D eigenvalue weighted by Crippen LogP contribution is 2.19. The quantitative estimate of drug-likeness (QED) is 0.680. The number of nitrogens with zero attached hydrogens (tertiary/aromatic N) is 2. The molecule has 3 unspecified atom stereocenters. The van der Waals surface area contributed by atoms with Crippen LogP contribution in [0.5, 0.6) is 0 Å². The Hall–Kier alpha value is -0.600. The Kier molecular flexibility index (Phi) is 10.2. The highest BCUT2D eigenvalue weighted by molar-refractivity contribution is 5.89. The lowest BCUT2D eigenvalue weighted by molar-refractivity contribution is -0.129. The Bertz CT molecular complexity index is 463. The van der Waals surface area contributed by atoms with Gasteiger partial charge >= 0.3 is 0 Å². The molecule has 2 amide bonds. The molecule has 0 aromatic rings. The number of carbonyl (C=O) groups is 2. The number of ether oxygens (including phenoxy) is 1. The van der Waals surface area contributed by atoms with E-state index in [1.54, 1.807) is 0 Å². The third-order valence-corrected chi connectivity index (χ3v) is 5.35. The molecule has 0 radical (unpaired) electrons. The molecule has 9 heteroatoms. The first-order valence-corrected chi connectivity index (χ1v) is 9.23. The Morgan fingerprint density at radius 3 is 2.69 bits per heavy atom. The summed E-state index contributed by atoms with van der Waals surface area (Å²) in [5.41, 5.74) is 0. The first-order chi connectivity index (χ1) is 11.6. The Morgan fingerprint density at radius 1 is 1.27 bits per heavy atom. The van der Waals surface area contributed by atoms with E-state index in [9.17, 15) is 9.59 Å². The summed E-state index contributed by atoms with van der Waals surface area (Å²) in [4.78, 5) is 28.9. The van der Waals surface area contributed by atoms with Crippen molar-refractivity contribution < 1.29 is 14.3 Å². The molecule has 0 saturated carbocycles. The van der Waals surface area contributed by atoms with Crippen molar-refractivity contribution in [3.8, 4) is 0 Å². The van der Waals surface area contributed by atoms with Crippen LogP contribution in [0.15, 0.2) is 0 Å². The molecule has 0 bridgehead atoms. The van der Waals surface area contributed by atoms with E-state index in [0.29, 0.717) is 25.6 Å². The highest BCUT2D eigenvalue weighted by Gasteiger charge is 2.35. The lowest BCUT2D eigenvalue weighted by Crippen LogP contribution is -2.48. The number of piperidine rings is 1. The van der Waals surface area contributed by atoms with Crippen molar-refractivity contribution in [2.24, 2.45) is 5.92 Å². The van der Waals surface area contributed by atoms with Gasteiger partial charge < -0.3 is 20.3 Å². The predicted molar refractivity (Wildman–Crippen MR) is 105 cm³/mol. The molecule has 7 nitrogen and oxygen atoms in total. The van der Waals surface area contributed by atoms with E-state index < -0.39 is 0 Å². The summed E-state index contributed by atoms with van der Waals surface area (Å²) in [5.74, 6) is -0.0224. The molecule has 0 aromatic heterocycles. The fourth-order valence-electron chi connectivity index (χ4n) is 3.83. The van der Waals surface area contributed by atoms with Gasteiger partial charge in [0.05, 0.1) is 19.1 Å². The van der Waals surface area contributed by atoms with E-state index in [2.05, 4.69) is 22.5 Å². The van der Waals surface area contributed by atoms with Gasteiger partial charge in [0.25, 0.3) is 0 Å². The average Bonchev–Trinajstić information content (AvgIpc) is 2.95. The van der Waals surface area contributed by atoms with Crippen LogP contribution in [0.2, 0.25) is 0 Å². The second-order valence-corrected chi connectivity index (χ2v) is 7.28. The first kappa shape index (κ1) is 23.4. The van der Waals surface area contributed by atoms with Crippen LogP contribution >= 0.6 is 24.8 Å². The maximum Gasteiger partial charge on any atom is 0.225 e. The Labute approximate surface area is 168 Å². The van der Waals surface area contributed by atoms with Crippen LogP contribution < -0.4 is 10.6 Å². The number of rotatable bonds is 5. The monoisotopic (exact) mass is 410 g/mol. The maximum absolute atomic E-state index is 12.5. The third kappa shape index (κ3) is 6.53. The summed E-state index contributed by atoms with van der Waals surface area (Å²) < 4.78 is 5.34. The summed E-state index contributed by atoms with van der Waals surface area (Å²) in [6.45, 7) is 8.64. The zero-order valence-corrected chi connectivity index (χ0v) is 17.1. The van der Waals surface area contributed by atoms with Gasteiger partial charge in [0.1, 0.15) is 0 Å². The van der Waals surface area contributed by atoms with Crippen LogP contribution in [-0.2, 0) is 14.3 Å². The molecular weight excluding hydrogens is 379 g/mol. The summed E-state index contributed by atoms with van der Waals surface area (Å²) in [6.07, 6.45) is 2.29. The van der Waals surface area contributed by atoms with Gasteiger partial charge in [0.15, 0.2) is 0 Å². The fourth-order valence-corrected chi connectivity index (χ4v) is 3.83. The van der Waals surface area contributed by atoms with Crippen LogP contribution in [-0.4, -0.2) is 86.2 Å². The molecule has 0 aliphatic carbocycles. The minimum atomic E-state index is -0.188. The minimum Gasteiger partial charge on any atom is -0.379 e. The molecule has 152 valence electrons. The second-order valence-electron chi connectivity index (χ2n) is 7.28. The number of amides is 2. The Balaban J connectivity index is 0.00000169. The van der Waals surface area contributed by atoms with Crippen molar-refractivity contribution in [2.45, 2.75) is 38.3 Å². The lowest BCUT2D eigenvalue weighted by Gasteiger charge is -2.29. The van der Waals surface area contributed by atoms with Crippen LogP contribution in [0.3, 0.4) is 0 Å². The van der Waals surface area contributed by atoms with Crippen molar-refractivity contribution in [1.29, 1.82) is 0 Å². The molecule has 3 rings (SSSR count). The van der Waals surface area contributed by atoms with Crippen LogP contribution in [0.4, 0.5) is 0 Å². The Morgan fingerprint density at radius 2 is 2.00 bits per heavy atom. The molecule has 0 spiro atoms. The highest BCUT2D eigenvalue weighted by atomic mass is 35.5. The number of nitrogens with one attached hydrogen (secondary N) is 2. The number of likely N-dealkylation sites (tertiary alicyclic amines) is 1. The van der Waals surface area contributed by atoms with E-state index >= 15 is 0 Å². The molecule has 26 heavy (non-hydrogen) atoms. The topological polar surface area (TPSA) is 73.9 Å². The predicted octanol–water partition coefficient (Wildman–Crippen LogP) is 0.267. The van der Waals surface area contributed by atoms with Crippen molar-refractivity contribution in [1.82, 2.24) is 20.4 Å². The number of morpholine rings is 1. The van der Waals surface area contributed by atoms with E-state index in [1.165, 1.54) is 0 Å². The average molecular weight is 411 g/mol. The van der Waals surface area contributed by atoms with Gasteiger partial charge in [-0.15, -0.1) is 24.8 Å². The molecule has 0 aromatic carbocycles. The van der Waals surface area contributed by atoms with Crippen LogP contribution in [0.1, 0.15) is 26.2 Å². The number of hydrogen-bond acceptors (Lipinski definition) is 5. The summed E-state index contributed by atoms with van der Waals surface area (Å²) >= 11 is 0. The normalized spacial score (nSPS) is 29.7. The largest absolute Gasteiger partial charge is 0.379 e. The first-order valence-electron chi connectivity index (χ1n) is 9.23. The summed E-state index contributed by atoms with van der Waals surface area (Å²) in [5, 5.41) is 6.54. The van der Waals surface area contributed by atoms with Gasteiger partial charge in [-0.3, -0.25) is 14.5 Å².